The number of aliphatic hydroxyl groups is 1. The van der Waals surface area contributed by atoms with Gasteiger partial charge in [-0.05, 0) is 87.2 Å². The number of ether oxygens (including phenoxy) is 4. The Morgan fingerprint density at radius 3 is 2.57 bits per heavy atom. The van der Waals surface area contributed by atoms with Crippen LogP contribution in [-0.2, 0) is 16.1 Å². The molecule has 0 aliphatic carbocycles. The number of rotatable bonds is 13. The van der Waals surface area contributed by atoms with Crippen molar-refractivity contribution in [3.05, 3.63) is 97.1 Å². The summed E-state index contributed by atoms with van der Waals surface area (Å²) in [6.07, 6.45) is 0.357. The highest BCUT2D eigenvalue weighted by molar-refractivity contribution is 9.11. The average Bonchev–Trinajstić information content (AvgIpc) is 3.03. The van der Waals surface area contributed by atoms with Gasteiger partial charge in [-0.25, -0.2) is 9.59 Å². The number of carbonyl (C=O) groups is 2. The zero-order chi connectivity index (χ0) is 33.2. The molecular weight excluding hydrogens is 726 g/mol. The molecule has 46 heavy (non-hydrogen) atoms. The molecule has 1 aliphatic heterocycles. The van der Waals surface area contributed by atoms with E-state index >= 15 is 0 Å². The van der Waals surface area contributed by atoms with Gasteiger partial charge >= 0.3 is 12.0 Å². The van der Waals surface area contributed by atoms with Gasteiger partial charge in [-0.1, -0.05) is 24.3 Å². The lowest BCUT2D eigenvalue weighted by Crippen LogP contribution is -2.45. The van der Waals surface area contributed by atoms with E-state index in [-0.39, 0.29) is 18.8 Å². The highest BCUT2D eigenvalue weighted by Gasteiger charge is 2.32. The molecule has 0 saturated heterocycles. The van der Waals surface area contributed by atoms with Crippen molar-refractivity contribution < 1.29 is 33.6 Å². The summed E-state index contributed by atoms with van der Waals surface area (Å²) in [6, 6.07) is 16.7. The van der Waals surface area contributed by atoms with E-state index in [0.29, 0.717) is 55.2 Å². The van der Waals surface area contributed by atoms with Crippen LogP contribution in [0.2, 0.25) is 0 Å². The average molecular weight is 757 g/mol. The minimum Gasteiger partial charge on any atom is -0.490 e. The number of hydrazone groups is 1. The molecule has 0 aromatic heterocycles. The van der Waals surface area contributed by atoms with Gasteiger partial charge in [0, 0.05) is 11.3 Å². The van der Waals surface area contributed by atoms with Crippen molar-refractivity contribution in [2.75, 3.05) is 20.3 Å². The molecule has 240 valence electrons. The van der Waals surface area contributed by atoms with Crippen LogP contribution in [0.1, 0.15) is 42.1 Å². The molecule has 1 aliphatic rings. The molecular formula is C32H31Br2N5O7. The van der Waals surface area contributed by atoms with E-state index in [4.69, 9.17) is 18.9 Å². The third-order valence-corrected chi connectivity index (χ3v) is 7.82. The molecule has 2 amide bonds. The van der Waals surface area contributed by atoms with Crippen LogP contribution < -0.4 is 30.3 Å². The van der Waals surface area contributed by atoms with Crippen LogP contribution in [0.4, 0.5) is 4.79 Å². The van der Waals surface area contributed by atoms with E-state index in [1.165, 1.54) is 13.3 Å². The number of amides is 2. The molecule has 0 fully saturated rings. The first-order valence-electron chi connectivity index (χ1n) is 14.0. The molecule has 0 bridgehead atoms. The predicted octanol–water partition coefficient (Wildman–Crippen LogP) is 5.18. The number of nitriles is 1. The minimum atomic E-state index is -1.17. The fourth-order valence-corrected chi connectivity index (χ4v) is 5.97. The Morgan fingerprint density at radius 1 is 1.13 bits per heavy atom. The number of carbonyl (C=O) groups excluding carboxylic acids is 2. The van der Waals surface area contributed by atoms with Crippen molar-refractivity contribution in [2.24, 2.45) is 5.10 Å². The van der Waals surface area contributed by atoms with Crippen molar-refractivity contribution >= 4 is 50.1 Å². The molecule has 4 rings (SSSR count). The van der Waals surface area contributed by atoms with Gasteiger partial charge in [0.25, 0.3) is 0 Å². The Hall–Kier alpha value is -4.58. The summed E-state index contributed by atoms with van der Waals surface area (Å²) in [4.78, 5) is 24.6. The first kappa shape index (κ1) is 34.3. The number of hydrogen-bond donors (Lipinski definition) is 4. The monoisotopic (exact) mass is 755 g/mol. The maximum atomic E-state index is 12.5. The quantitative estimate of drug-likeness (QED) is 0.0797. The third-order valence-electron chi connectivity index (χ3n) is 6.64. The number of allylic oxidation sites excluding steroid dienone is 1. The number of aliphatic hydroxyl groups excluding tert-OH is 1. The Kier molecular flexibility index (Phi) is 12.0. The molecule has 14 heteroatoms. The summed E-state index contributed by atoms with van der Waals surface area (Å²) >= 11 is 7.03. The molecule has 4 N–H and O–H groups in total. The number of esters is 1. The van der Waals surface area contributed by atoms with Gasteiger partial charge in [0.05, 0.1) is 52.1 Å². The first-order chi connectivity index (χ1) is 22.1. The number of hydrogen-bond acceptors (Lipinski definition) is 10. The second kappa shape index (κ2) is 16.1. The molecule has 0 spiro atoms. The van der Waals surface area contributed by atoms with E-state index in [2.05, 4.69) is 59.1 Å². The number of halogens is 2. The molecule has 12 nitrogen and oxygen atoms in total. The maximum Gasteiger partial charge on any atom is 0.337 e. The Labute approximate surface area is 282 Å². The number of nitrogens with zero attached hydrogens (tertiary/aromatic N) is 2. The van der Waals surface area contributed by atoms with Crippen molar-refractivity contribution in [3.8, 4) is 23.3 Å². The van der Waals surface area contributed by atoms with Crippen LogP contribution in [0.3, 0.4) is 0 Å². The summed E-state index contributed by atoms with van der Waals surface area (Å²) in [5.41, 5.74) is 5.87. The highest BCUT2D eigenvalue weighted by atomic mass is 79.9. The van der Waals surface area contributed by atoms with Crippen molar-refractivity contribution in [2.45, 2.75) is 32.7 Å². The van der Waals surface area contributed by atoms with Crippen LogP contribution in [0.15, 0.2) is 79.9 Å². The van der Waals surface area contributed by atoms with Gasteiger partial charge in [0.1, 0.15) is 19.0 Å². The van der Waals surface area contributed by atoms with Gasteiger partial charge in [0.15, 0.2) is 17.7 Å². The summed E-state index contributed by atoms with van der Waals surface area (Å²) in [6.45, 7) is 3.80. The maximum absolute atomic E-state index is 12.5. The van der Waals surface area contributed by atoms with Gasteiger partial charge in [-0.15, -0.1) is 0 Å². The molecule has 3 aromatic carbocycles. The SMILES string of the molecule is CCOc1cc([C@H]2NC(=O)NC(C)=C2C(=O)OC)ccc1OC[C@@H](O)N/N=C\c1cc(Br)c(OCc2ccccc2C#N)c(Br)c1. The van der Waals surface area contributed by atoms with Crippen molar-refractivity contribution in [1.82, 2.24) is 16.1 Å². The first-order valence-corrected chi connectivity index (χ1v) is 15.6. The van der Waals surface area contributed by atoms with Crippen molar-refractivity contribution in [3.63, 3.8) is 0 Å². The van der Waals surface area contributed by atoms with Crippen LogP contribution in [-0.4, -0.2) is 49.9 Å². The number of benzene rings is 3. The molecule has 0 unspecified atom stereocenters. The van der Waals surface area contributed by atoms with E-state index in [1.54, 1.807) is 56.3 Å². The smallest absolute Gasteiger partial charge is 0.337 e. The molecule has 3 aromatic rings. The van der Waals surface area contributed by atoms with Gasteiger partial charge in [-0.3, -0.25) is 5.43 Å². The lowest BCUT2D eigenvalue weighted by atomic mass is 9.95. The number of urea groups is 1. The number of nitrogens with one attached hydrogen (secondary N) is 3. The topological polar surface area (TPSA) is 164 Å². The van der Waals surface area contributed by atoms with E-state index in [1.807, 2.05) is 12.1 Å². The minimum absolute atomic E-state index is 0.169. The third kappa shape index (κ3) is 8.57. The molecule has 0 saturated carbocycles. The lowest BCUT2D eigenvalue weighted by Gasteiger charge is -2.28. The molecule has 0 radical (unpaired) electrons. The van der Waals surface area contributed by atoms with Crippen LogP contribution in [0.25, 0.3) is 0 Å². The zero-order valence-corrected chi connectivity index (χ0v) is 28.3. The Bertz CT molecular complexity index is 1680. The second-order valence-corrected chi connectivity index (χ2v) is 11.5. The Morgan fingerprint density at radius 2 is 1.87 bits per heavy atom. The lowest BCUT2D eigenvalue weighted by molar-refractivity contribution is -0.136. The zero-order valence-electron chi connectivity index (χ0n) is 25.1. The van der Waals surface area contributed by atoms with Gasteiger partial charge in [-0.2, -0.15) is 10.4 Å². The summed E-state index contributed by atoms with van der Waals surface area (Å²) < 4.78 is 23.8. The van der Waals surface area contributed by atoms with Crippen LogP contribution in [0.5, 0.6) is 17.2 Å². The van der Waals surface area contributed by atoms with Crippen LogP contribution in [0, 0.1) is 11.3 Å². The number of methoxy groups -OCH3 is 1. The summed E-state index contributed by atoms with van der Waals surface area (Å²) in [5.74, 6) is 0.693. The van der Waals surface area contributed by atoms with Gasteiger partial charge < -0.3 is 34.7 Å². The van der Waals surface area contributed by atoms with Gasteiger partial charge in [0.2, 0.25) is 0 Å². The summed E-state index contributed by atoms with van der Waals surface area (Å²) in [7, 11) is 1.27. The Balaban J connectivity index is 1.37. The van der Waals surface area contributed by atoms with E-state index in [0.717, 1.165) is 5.56 Å². The molecule has 1 heterocycles. The van der Waals surface area contributed by atoms with Crippen molar-refractivity contribution in [1.29, 1.82) is 5.26 Å². The molecule has 2 atom stereocenters. The predicted molar refractivity (Wildman–Crippen MR) is 176 cm³/mol. The summed E-state index contributed by atoms with van der Waals surface area (Å²) in [5, 5.41) is 29.2. The largest absolute Gasteiger partial charge is 0.490 e. The highest BCUT2D eigenvalue weighted by Crippen LogP contribution is 2.36. The second-order valence-electron chi connectivity index (χ2n) is 9.79. The normalized spacial score (nSPS) is 15.0. The van der Waals surface area contributed by atoms with Crippen LogP contribution >= 0.6 is 31.9 Å². The fourth-order valence-electron chi connectivity index (χ4n) is 4.52. The van der Waals surface area contributed by atoms with E-state index in [9.17, 15) is 20.0 Å². The van der Waals surface area contributed by atoms with E-state index < -0.39 is 24.3 Å². The fraction of sp³-hybridized carbons (Fsp3) is 0.250. The standard InChI is InChI=1S/C32H31Br2N5O7/c1-4-44-26-13-20(29-28(31(41)43-3)18(2)37-32(42)38-29)9-10-25(26)45-17-27(40)39-36-15-19-11-23(33)30(24(34)12-19)46-16-22-8-6-5-7-21(22)14-35/h5-13,15,27,29,39-40H,4,16-17H2,1-3H3,(H2,37,38,42)/b36-15-/t27-,29-/m1/s1.